The van der Waals surface area contributed by atoms with Crippen molar-refractivity contribution in [1.29, 1.82) is 0 Å². The van der Waals surface area contributed by atoms with E-state index in [1.807, 2.05) is 6.92 Å². The van der Waals surface area contributed by atoms with Crippen LogP contribution in [0.4, 0.5) is 0 Å². The van der Waals surface area contributed by atoms with Crippen molar-refractivity contribution in [3.8, 4) is 11.8 Å². The Morgan fingerprint density at radius 1 is 1.53 bits per heavy atom. The molecule has 1 rings (SSSR count). The van der Waals surface area contributed by atoms with E-state index in [4.69, 9.17) is 10.2 Å². The summed E-state index contributed by atoms with van der Waals surface area (Å²) >= 11 is 1.32. The van der Waals surface area contributed by atoms with Crippen molar-refractivity contribution in [1.82, 2.24) is 4.90 Å². The van der Waals surface area contributed by atoms with Gasteiger partial charge in [0.25, 0.3) is 5.91 Å². The predicted molar refractivity (Wildman–Crippen MR) is 66.9 cm³/mol. The van der Waals surface area contributed by atoms with Crippen molar-refractivity contribution in [3.63, 3.8) is 0 Å². The molecule has 0 unspecified atom stereocenters. The summed E-state index contributed by atoms with van der Waals surface area (Å²) in [7, 11) is 0. The maximum absolute atomic E-state index is 12.1. The Bertz CT molecular complexity index is 430. The Hall–Kier alpha value is -1.35. The number of hydrogen-bond acceptors (Lipinski definition) is 4. The molecule has 0 radical (unpaired) electrons. The molecular formula is C12H15NO3S. The normalized spacial score (nSPS) is 9.59. The van der Waals surface area contributed by atoms with E-state index in [1.54, 1.807) is 16.3 Å². The Morgan fingerprint density at radius 2 is 2.29 bits per heavy atom. The number of rotatable bonds is 4. The summed E-state index contributed by atoms with van der Waals surface area (Å²) in [5.41, 5.74) is 0.630. The molecule has 17 heavy (non-hydrogen) atoms. The van der Waals surface area contributed by atoms with E-state index < -0.39 is 0 Å². The minimum atomic E-state index is -0.225. The maximum Gasteiger partial charge on any atom is 0.265 e. The minimum absolute atomic E-state index is 0.0530. The lowest BCUT2D eigenvalue weighted by Crippen LogP contribution is -2.33. The summed E-state index contributed by atoms with van der Waals surface area (Å²) < 4.78 is 0. The zero-order chi connectivity index (χ0) is 12.7. The van der Waals surface area contributed by atoms with Crippen LogP contribution in [-0.2, 0) is 0 Å². The highest BCUT2D eigenvalue weighted by atomic mass is 32.1. The monoisotopic (exact) mass is 253 g/mol. The van der Waals surface area contributed by atoms with Crippen molar-refractivity contribution >= 4 is 17.2 Å². The summed E-state index contributed by atoms with van der Waals surface area (Å²) in [4.78, 5) is 14.2. The second-order valence-electron chi connectivity index (χ2n) is 3.23. The lowest BCUT2D eigenvalue weighted by Gasteiger charge is -2.18. The fourth-order valence-corrected chi connectivity index (χ4v) is 2.19. The van der Waals surface area contributed by atoms with Crippen molar-refractivity contribution in [2.75, 3.05) is 26.3 Å². The Kier molecular flexibility index (Phi) is 5.70. The van der Waals surface area contributed by atoms with E-state index in [1.165, 1.54) is 11.3 Å². The van der Waals surface area contributed by atoms with Crippen molar-refractivity contribution in [3.05, 3.63) is 21.9 Å². The number of aliphatic hydroxyl groups is 2. The molecule has 0 spiro atoms. The second kappa shape index (κ2) is 7.07. The molecule has 1 amide bonds. The van der Waals surface area contributed by atoms with Crippen LogP contribution in [-0.4, -0.2) is 47.3 Å². The average molecular weight is 253 g/mol. The van der Waals surface area contributed by atoms with E-state index in [2.05, 4.69) is 11.8 Å². The van der Waals surface area contributed by atoms with Crippen LogP contribution >= 0.6 is 11.3 Å². The fourth-order valence-electron chi connectivity index (χ4n) is 1.38. The largest absolute Gasteiger partial charge is 0.395 e. The van der Waals surface area contributed by atoms with Gasteiger partial charge in [-0.1, -0.05) is 11.8 Å². The number of carbonyl (C=O) groups excluding carboxylic acids is 1. The van der Waals surface area contributed by atoms with Crippen molar-refractivity contribution in [2.24, 2.45) is 0 Å². The molecule has 1 aromatic heterocycles. The zero-order valence-electron chi connectivity index (χ0n) is 9.64. The van der Waals surface area contributed by atoms with Crippen LogP contribution in [0.15, 0.2) is 11.4 Å². The maximum atomic E-state index is 12.1. The first-order chi connectivity index (χ1) is 8.24. The molecule has 2 N–H and O–H groups in total. The van der Waals surface area contributed by atoms with Crippen LogP contribution in [0, 0.1) is 11.8 Å². The summed E-state index contributed by atoms with van der Waals surface area (Å²) in [6.45, 7) is 2.45. The van der Waals surface area contributed by atoms with Gasteiger partial charge >= 0.3 is 0 Å². The van der Waals surface area contributed by atoms with Gasteiger partial charge < -0.3 is 15.1 Å². The topological polar surface area (TPSA) is 60.8 Å². The smallest absolute Gasteiger partial charge is 0.265 e. The van der Waals surface area contributed by atoms with Crippen LogP contribution in [0.25, 0.3) is 0 Å². The number of carbonyl (C=O) groups is 1. The first-order valence-electron chi connectivity index (χ1n) is 5.32. The SMILES string of the molecule is CCN(CCO)C(=O)c1sccc1C#CCO. The van der Waals surface area contributed by atoms with E-state index >= 15 is 0 Å². The molecule has 0 atom stereocenters. The fraction of sp³-hybridized carbons (Fsp3) is 0.417. The van der Waals surface area contributed by atoms with Crippen LogP contribution in [0.2, 0.25) is 0 Å². The van der Waals surface area contributed by atoms with E-state index in [0.29, 0.717) is 23.5 Å². The minimum Gasteiger partial charge on any atom is -0.395 e. The summed E-state index contributed by atoms with van der Waals surface area (Å²) in [5.74, 6) is 5.15. The molecule has 0 bridgehead atoms. The van der Waals surface area contributed by atoms with Gasteiger partial charge in [-0.2, -0.15) is 0 Å². The second-order valence-corrected chi connectivity index (χ2v) is 4.15. The standard InChI is InChI=1S/C12H15NO3S/c1-2-13(6-8-15)12(16)11-10(4-3-7-14)5-9-17-11/h5,9,14-15H,2,6-8H2,1H3. The number of aliphatic hydroxyl groups excluding tert-OH is 2. The van der Waals surface area contributed by atoms with Gasteiger partial charge in [0.15, 0.2) is 0 Å². The highest BCUT2D eigenvalue weighted by molar-refractivity contribution is 7.12. The number of amides is 1. The summed E-state index contributed by atoms with van der Waals surface area (Å²) in [6, 6.07) is 1.76. The molecule has 0 aromatic carbocycles. The first kappa shape index (κ1) is 13.7. The lowest BCUT2D eigenvalue weighted by atomic mass is 10.2. The van der Waals surface area contributed by atoms with Gasteiger partial charge in [0.1, 0.15) is 11.5 Å². The van der Waals surface area contributed by atoms with E-state index in [9.17, 15) is 4.79 Å². The quantitative estimate of drug-likeness (QED) is 0.770. The third kappa shape index (κ3) is 3.56. The Morgan fingerprint density at radius 3 is 2.88 bits per heavy atom. The van der Waals surface area contributed by atoms with Gasteiger partial charge in [-0.3, -0.25) is 4.79 Å². The molecule has 0 aliphatic rings. The highest BCUT2D eigenvalue weighted by Gasteiger charge is 2.17. The molecule has 4 nitrogen and oxygen atoms in total. The van der Waals surface area contributed by atoms with E-state index in [-0.39, 0.29) is 19.1 Å². The zero-order valence-corrected chi connectivity index (χ0v) is 10.5. The number of likely N-dealkylation sites (N-methyl/N-ethyl adjacent to an activating group) is 1. The third-order valence-electron chi connectivity index (χ3n) is 2.20. The van der Waals surface area contributed by atoms with Gasteiger partial charge in [-0.05, 0) is 18.4 Å². The molecule has 1 aromatic rings. The van der Waals surface area contributed by atoms with Gasteiger partial charge in [0.2, 0.25) is 0 Å². The molecule has 0 saturated carbocycles. The number of nitrogens with zero attached hydrogens (tertiary/aromatic N) is 1. The molecule has 0 fully saturated rings. The van der Waals surface area contributed by atoms with Gasteiger partial charge in [0, 0.05) is 18.7 Å². The molecule has 5 heteroatoms. The van der Waals surface area contributed by atoms with Gasteiger partial charge in [-0.15, -0.1) is 11.3 Å². The summed E-state index contributed by atoms with van der Waals surface area (Å²) in [5, 5.41) is 19.3. The Balaban J connectivity index is 2.91. The van der Waals surface area contributed by atoms with Crippen LogP contribution < -0.4 is 0 Å². The number of thiophene rings is 1. The molecule has 0 aliphatic heterocycles. The molecule has 92 valence electrons. The summed E-state index contributed by atoms with van der Waals surface area (Å²) in [6.07, 6.45) is 0. The molecular weight excluding hydrogens is 238 g/mol. The third-order valence-corrected chi connectivity index (χ3v) is 3.10. The van der Waals surface area contributed by atoms with Crippen molar-refractivity contribution in [2.45, 2.75) is 6.92 Å². The molecule has 0 aliphatic carbocycles. The van der Waals surface area contributed by atoms with E-state index in [0.717, 1.165) is 0 Å². The predicted octanol–water partition coefficient (Wildman–Crippen LogP) is 0.546. The Labute approximate surface area is 105 Å². The van der Waals surface area contributed by atoms with Crippen LogP contribution in [0.3, 0.4) is 0 Å². The van der Waals surface area contributed by atoms with Gasteiger partial charge in [0.05, 0.1) is 6.61 Å². The van der Waals surface area contributed by atoms with Crippen LogP contribution in [0.1, 0.15) is 22.2 Å². The highest BCUT2D eigenvalue weighted by Crippen LogP contribution is 2.18. The van der Waals surface area contributed by atoms with Crippen LogP contribution in [0.5, 0.6) is 0 Å². The van der Waals surface area contributed by atoms with Gasteiger partial charge in [-0.25, -0.2) is 0 Å². The molecule has 1 heterocycles. The van der Waals surface area contributed by atoms with Crippen molar-refractivity contribution < 1.29 is 15.0 Å². The first-order valence-corrected chi connectivity index (χ1v) is 6.19. The lowest BCUT2D eigenvalue weighted by molar-refractivity contribution is 0.0736. The number of hydrogen-bond donors (Lipinski definition) is 2. The average Bonchev–Trinajstić information content (AvgIpc) is 2.80. The molecule has 0 saturated heterocycles.